The van der Waals surface area contributed by atoms with Crippen LogP contribution in [-0.4, -0.2) is 36.2 Å². The molecule has 0 aliphatic carbocycles. The van der Waals surface area contributed by atoms with Gasteiger partial charge in [-0.1, -0.05) is 6.07 Å². The van der Waals surface area contributed by atoms with Crippen LogP contribution in [0.25, 0.3) is 0 Å². The van der Waals surface area contributed by atoms with Crippen LogP contribution < -0.4 is 0 Å². The molecule has 0 unspecified atom stereocenters. The van der Waals surface area contributed by atoms with E-state index in [-0.39, 0.29) is 16.1 Å². The van der Waals surface area contributed by atoms with Gasteiger partial charge >= 0.3 is 5.69 Å². The minimum Gasteiger partial charge on any atom is -0.507 e. The minimum absolute atomic E-state index is 0.0645. The van der Waals surface area contributed by atoms with E-state index in [0.717, 1.165) is 17.0 Å². The summed E-state index contributed by atoms with van der Waals surface area (Å²) >= 11 is 6.69. The van der Waals surface area contributed by atoms with Crippen molar-refractivity contribution >= 4 is 35.5 Å². The maximum Gasteiger partial charge on any atom is 0.311 e. The van der Waals surface area contributed by atoms with Crippen LogP contribution >= 0.6 is 23.6 Å². The van der Waals surface area contributed by atoms with Crippen molar-refractivity contribution in [1.82, 2.24) is 14.9 Å². The molecule has 0 saturated carbocycles. The lowest BCUT2D eigenvalue weighted by Crippen LogP contribution is -2.00. The first-order valence-electron chi connectivity index (χ1n) is 6.89. The Balaban J connectivity index is 1.95. The van der Waals surface area contributed by atoms with Crippen molar-refractivity contribution in [3.05, 3.63) is 60.8 Å². The van der Waals surface area contributed by atoms with Gasteiger partial charge in [0.2, 0.25) is 4.77 Å². The van der Waals surface area contributed by atoms with Crippen molar-refractivity contribution < 1.29 is 15.1 Å². The fourth-order valence-electron chi connectivity index (χ4n) is 2.08. The smallest absolute Gasteiger partial charge is 0.311 e. The Kier molecular flexibility index (Phi) is 4.59. The molecular weight excluding hydrogens is 366 g/mol. The Hall–Kier alpha value is -3.05. The van der Waals surface area contributed by atoms with Crippen LogP contribution in [0.3, 0.4) is 0 Å². The van der Waals surface area contributed by atoms with Gasteiger partial charge < -0.3 is 10.2 Å². The SMILES string of the molecule is O=[N+]([O-])c1cc(/C=N\n2c(Cc3cccs3)n[nH]c2=S)c(O)cc1O. The zero-order valence-electron chi connectivity index (χ0n) is 12.5. The van der Waals surface area contributed by atoms with E-state index in [9.17, 15) is 20.3 Å². The summed E-state index contributed by atoms with van der Waals surface area (Å²) in [5.41, 5.74) is -0.469. The molecule has 9 nitrogen and oxygen atoms in total. The van der Waals surface area contributed by atoms with Crippen LogP contribution in [0.4, 0.5) is 5.69 Å². The van der Waals surface area contributed by atoms with Crippen molar-refractivity contribution in [3.63, 3.8) is 0 Å². The molecule has 0 bridgehead atoms. The molecule has 0 aliphatic rings. The number of rotatable bonds is 5. The largest absolute Gasteiger partial charge is 0.507 e. The second-order valence-electron chi connectivity index (χ2n) is 4.91. The van der Waals surface area contributed by atoms with Gasteiger partial charge in [-0.15, -0.1) is 11.3 Å². The quantitative estimate of drug-likeness (QED) is 0.271. The highest BCUT2D eigenvalue weighted by molar-refractivity contribution is 7.71. The van der Waals surface area contributed by atoms with Gasteiger partial charge in [0.05, 0.1) is 11.1 Å². The van der Waals surface area contributed by atoms with Crippen molar-refractivity contribution in [2.75, 3.05) is 0 Å². The third-order valence-electron chi connectivity index (χ3n) is 3.26. The first kappa shape index (κ1) is 16.8. The summed E-state index contributed by atoms with van der Waals surface area (Å²) < 4.78 is 1.61. The van der Waals surface area contributed by atoms with Crippen molar-refractivity contribution in [1.29, 1.82) is 0 Å². The number of aromatic amines is 1. The van der Waals surface area contributed by atoms with Gasteiger partial charge in [-0.3, -0.25) is 15.2 Å². The van der Waals surface area contributed by atoms with Crippen molar-refractivity contribution in [3.8, 4) is 11.5 Å². The number of H-pyrrole nitrogens is 1. The minimum atomic E-state index is -0.752. The van der Waals surface area contributed by atoms with E-state index >= 15 is 0 Å². The molecule has 0 spiro atoms. The van der Waals surface area contributed by atoms with Crippen molar-refractivity contribution in [2.45, 2.75) is 6.42 Å². The number of benzene rings is 1. The molecule has 2 aromatic heterocycles. The first-order chi connectivity index (χ1) is 12.0. The molecule has 2 heterocycles. The van der Waals surface area contributed by atoms with Crippen LogP contribution in [0.1, 0.15) is 16.3 Å². The van der Waals surface area contributed by atoms with E-state index in [1.165, 1.54) is 10.9 Å². The Labute approximate surface area is 149 Å². The van der Waals surface area contributed by atoms with E-state index in [1.807, 2.05) is 17.5 Å². The molecular formula is C14H11N5O4S2. The highest BCUT2D eigenvalue weighted by Gasteiger charge is 2.17. The summed E-state index contributed by atoms with van der Waals surface area (Å²) in [4.78, 5) is 11.2. The van der Waals surface area contributed by atoms with E-state index in [1.54, 1.807) is 11.3 Å². The molecule has 0 aliphatic heterocycles. The lowest BCUT2D eigenvalue weighted by atomic mass is 10.2. The van der Waals surface area contributed by atoms with Crippen LogP contribution in [0, 0.1) is 14.9 Å². The van der Waals surface area contributed by atoms with Gasteiger partial charge in [0, 0.05) is 29.0 Å². The Morgan fingerprint density at radius 3 is 2.92 bits per heavy atom. The molecule has 128 valence electrons. The molecule has 0 fully saturated rings. The summed E-state index contributed by atoms with van der Waals surface area (Å²) in [5, 5.41) is 43.0. The third kappa shape index (κ3) is 3.56. The number of thiophene rings is 1. The fraction of sp³-hybridized carbons (Fsp3) is 0.0714. The number of phenols is 2. The molecule has 0 amide bonds. The van der Waals surface area contributed by atoms with Gasteiger partial charge in [-0.05, 0) is 23.7 Å². The second kappa shape index (κ2) is 6.83. The van der Waals surface area contributed by atoms with Crippen LogP contribution in [0.5, 0.6) is 11.5 Å². The summed E-state index contributed by atoms with van der Waals surface area (Å²) in [5.74, 6) is -0.420. The fourth-order valence-corrected chi connectivity index (χ4v) is 2.98. The first-order valence-corrected chi connectivity index (χ1v) is 8.18. The van der Waals surface area contributed by atoms with Gasteiger partial charge in [0.25, 0.3) is 0 Å². The molecule has 1 aromatic carbocycles. The summed E-state index contributed by atoms with van der Waals surface area (Å²) in [6.07, 6.45) is 1.72. The zero-order valence-corrected chi connectivity index (χ0v) is 14.1. The average Bonchev–Trinajstić information content (AvgIpc) is 3.18. The topological polar surface area (TPSA) is 130 Å². The second-order valence-corrected chi connectivity index (χ2v) is 6.33. The molecule has 25 heavy (non-hydrogen) atoms. The van der Waals surface area contributed by atoms with E-state index < -0.39 is 16.4 Å². The lowest BCUT2D eigenvalue weighted by Gasteiger charge is -2.02. The van der Waals surface area contributed by atoms with Crippen molar-refractivity contribution in [2.24, 2.45) is 5.10 Å². The molecule has 0 saturated heterocycles. The number of nitro groups is 1. The molecule has 0 atom stereocenters. The number of aromatic nitrogens is 3. The lowest BCUT2D eigenvalue weighted by molar-refractivity contribution is -0.385. The van der Waals surface area contributed by atoms with Gasteiger partial charge in [0.1, 0.15) is 5.75 Å². The number of hydrogen-bond donors (Lipinski definition) is 3. The monoisotopic (exact) mass is 377 g/mol. The van der Waals surface area contributed by atoms with Gasteiger partial charge in [0.15, 0.2) is 11.6 Å². The summed E-state index contributed by atoms with van der Waals surface area (Å²) in [6, 6.07) is 5.78. The average molecular weight is 377 g/mol. The number of aromatic hydroxyl groups is 2. The molecule has 11 heteroatoms. The molecule has 0 radical (unpaired) electrons. The number of phenolic OH excluding ortho intramolecular Hbond substituents is 2. The highest BCUT2D eigenvalue weighted by Crippen LogP contribution is 2.32. The Morgan fingerprint density at radius 1 is 1.44 bits per heavy atom. The highest BCUT2D eigenvalue weighted by atomic mass is 32.1. The standard InChI is InChI=1S/C14H11N5O4S2/c20-11-6-12(21)10(19(22)23)4-8(11)7-15-18-13(16-17-14(18)24)5-9-2-1-3-25-9/h1-4,6-7,20-21H,5H2,(H,17,24)/b15-7-. The predicted molar refractivity (Wildman–Crippen MR) is 94.0 cm³/mol. The van der Waals surface area contributed by atoms with Gasteiger partial charge in [-0.25, -0.2) is 0 Å². The molecule has 3 N–H and O–H groups in total. The zero-order chi connectivity index (χ0) is 18.0. The maximum absolute atomic E-state index is 10.9. The van der Waals surface area contributed by atoms with Gasteiger partial charge in [-0.2, -0.15) is 14.9 Å². The Bertz CT molecular complexity index is 1010. The number of nitro benzene ring substituents is 1. The van der Waals surface area contributed by atoms with E-state index in [2.05, 4.69) is 15.3 Å². The normalized spacial score (nSPS) is 11.2. The van der Waals surface area contributed by atoms with E-state index in [4.69, 9.17) is 12.2 Å². The van der Waals surface area contributed by atoms with Crippen LogP contribution in [-0.2, 0) is 6.42 Å². The maximum atomic E-state index is 10.9. The number of nitrogens with one attached hydrogen (secondary N) is 1. The van der Waals surface area contributed by atoms with Crippen LogP contribution in [0.15, 0.2) is 34.7 Å². The number of hydrogen-bond acceptors (Lipinski definition) is 8. The number of nitrogens with zero attached hydrogens (tertiary/aromatic N) is 4. The summed E-state index contributed by atoms with van der Waals surface area (Å²) in [7, 11) is 0. The third-order valence-corrected chi connectivity index (χ3v) is 4.40. The van der Waals surface area contributed by atoms with Crippen LogP contribution in [0.2, 0.25) is 0 Å². The molecule has 3 rings (SSSR count). The molecule has 3 aromatic rings. The van der Waals surface area contributed by atoms with E-state index in [0.29, 0.717) is 12.2 Å². The predicted octanol–water partition coefficient (Wildman–Crippen LogP) is 2.79. The summed E-state index contributed by atoms with van der Waals surface area (Å²) in [6.45, 7) is 0. The Morgan fingerprint density at radius 2 is 2.24 bits per heavy atom.